The van der Waals surface area contributed by atoms with Gasteiger partial charge in [0.2, 0.25) is 5.91 Å². The molecule has 1 atom stereocenters. The largest absolute Gasteiger partial charge is 0.494 e. The molecule has 0 radical (unpaired) electrons. The summed E-state index contributed by atoms with van der Waals surface area (Å²) in [5, 5.41) is 2.83. The zero-order valence-corrected chi connectivity index (χ0v) is 16.3. The molecule has 0 unspecified atom stereocenters. The van der Waals surface area contributed by atoms with Gasteiger partial charge < -0.3 is 19.5 Å². The molecule has 0 saturated heterocycles. The van der Waals surface area contributed by atoms with Crippen molar-refractivity contribution in [1.82, 2.24) is 5.32 Å². The first-order valence-corrected chi connectivity index (χ1v) is 9.24. The maximum Gasteiger partial charge on any atom is 0.244 e. The third-order valence-electron chi connectivity index (χ3n) is 4.44. The number of fused-ring (bicyclic) bond motifs is 1. The first-order chi connectivity index (χ1) is 13.5. The number of amides is 1. The van der Waals surface area contributed by atoms with Crippen molar-refractivity contribution < 1.29 is 23.4 Å². The van der Waals surface area contributed by atoms with Gasteiger partial charge in [0.15, 0.2) is 11.6 Å². The van der Waals surface area contributed by atoms with Crippen LogP contribution in [0.3, 0.4) is 0 Å². The van der Waals surface area contributed by atoms with E-state index >= 15 is 0 Å². The lowest BCUT2D eigenvalue weighted by molar-refractivity contribution is -0.116. The summed E-state index contributed by atoms with van der Waals surface area (Å²) in [5.74, 6) is 0.996. The fourth-order valence-electron chi connectivity index (χ4n) is 3.11. The highest BCUT2D eigenvalue weighted by Crippen LogP contribution is 2.35. The van der Waals surface area contributed by atoms with E-state index in [4.69, 9.17) is 14.2 Å². The zero-order chi connectivity index (χ0) is 20.1. The van der Waals surface area contributed by atoms with Crippen LogP contribution in [0.15, 0.2) is 36.4 Å². The SMILES string of the molecule is CCOc1cc2c(cc1CNC(=O)/C=C/c1ccc(OC)c(F)c1)O[C@@H](C)C2. The molecule has 0 fully saturated rings. The number of carbonyl (C=O) groups excluding carboxylic acids is 1. The van der Waals surface area contributed by atoms with Gasteiger partial charge in [0.1, 0.15) is 17.6 Å². The van der Waals surface area contributed by atoms with Crippen molar-refractivity contribution in [3.05, 3.63) is 58.9 Å². The molecule has 0 saturated carbocycles. The fraction of sp³-hybridized carbons (Fsp3) is 0.318. The van der Waals surface area contributed by atoms with Crippen LogP contribution in [-0.2, 0) is 17.8 Å². The zero-order valence-electron chi connectivity index (χ0n) is 16.3. The number of hydrogen-bond donors (Lipinski definition) is 1. The van der Waals surface area contributed by atoms with E-state index in [-0.39, 0.29) is 17.8 Å². The predicted octanol–water partition coefficient (Wildman–Crippen LogP) is 3.89. The summed E-state index contributed by atoms with van der Waals surface area (Å²) < 4.78 is 30.1. The molecule has 1 aliphatic rings. The van der Waals surface area contributed by atoms with E-state index in [1.165, 1.54) is 25.3 Å². The molecule has 1 aliphatic heterocycles. The van der Waals surface area contributed by atoms with E-state index in [2.05, 4.69) is 5.32 Å². The van der Waals surface area contributed by atoms with Crippen LogP contribution in [0.1, 0.15) is 30.5 Å². The lowest BCUT2D eigenvalue weighted by Gasteiger charge is -2.13. The van der Waals surface area contributed by atoms with E-state index < -0.39 is 5.82 Å². The van der Waals surface area contributed by atoms with Gasteiger partial charge in [-0.3, -0.25) is 4.79 Å². The molecule has 1 N–H and O–H groups in total. The van der Waals surface area contributed by atoms with Crippen molar-refractivity contribution >= 4 is 12.0 Å². The minimum absolute atomic E-state index is 0.141. The third kappa shape index (κ3) is 4.63. The summed E-state index contributed by atoms with van der Waals surface area (Å²) in [6.07, 6.45) is 3.91. The van der Waals surface area contributed by atoms with Crippen molar-refractivity contribution in [2.75, 3.05) is 13.7 Å². The van der Waals surface area contributed by atoms with E-state index in [0.717, 1.165) is 29.0 Å². The Morgan fingerprint density at radius 2 is 2.14 bits per heavy atom. The molecule has 148 valence electrons. The Hall–Kier alpha value is -3.02. The molecule has 2 aromatic carbocycles. The van der Waals surface area contributed by atoms with Gasteiger partial charge in [-0.25, -0.2) is 4.39 Å². The molecule has 2 aromatic rings. The van der Waals surface area contributed by atoms with Crippen molar-refractivity contribution in [2.24, 2.45) is 0 Å². The molecule has 1 heterocycles. The van der Waals surface area contributed by atoms with Crippen molar-refractivity contribution in [3.63, 3.8) is 0 Å². The van der Waals surface area contributed by atoms with Crippen molar-refractivity contribution in [2.45, 2.75) is 32.9 Å². The number of hydrogen-bond acceptors (Lipinski definition) is 4. The molecule has 0 aromatic heterocycles. The van der Waals surface area contributed by atoms with Crippen LogP contribution in [0.5, 0.6) is 17.2 Å². The van der Waals surface area contributed by atoms with Crippen LogP contribution in [-0.4, -0.2) is 25.7 Å². The van der Waals surface area contributed by atoms with E-state index in [0.29, 0.717) is 18.7 Å². The van der Waals surface area contributed by atoms with Gasteiger partial charge in [-0.15, -0.1) is 0 Å². The Kier molecular flexibility index (Phi) is 6.19. The summed E-state index contributed by atoms with van der Waals surface area (Å²) >= 11 is 0. The number of halogens is 1. The smallest absolute Gasteiger partial charge is 0.244 e. The predicted molar refractivity (Wildman–Crippen MR) is 105 cm³/mol. The highest BCUT2D eigenvalue weighted by molar-refractivity contribution is 5.91. The highest BCUT2D eigenvalue weighted by atomic mass is 19.1. The first kappa shape index (κ1) is 19.7. The lowest BCUT2D eigenvalue weighted by Crippen LogP contribution is -2.20. The monoisotopic (exact) mass is 385 g/mol. The summed E-state index contributed by atoms with van der Waals surface area (Å²) in [5.41, 5.74) is 2.54. The summed E-state index contributed by atoms with van der Waals surface area (Å²) in [4.78, 5) is 12.2. The van der Waals surface area contributed by atoms with Gasteiger partial charge in [0.25, 0.3) is 0 Å². The molecule has 0 spiro atoms. The molecule has 5 nitrogen and oxygen atoms in total. The fourth-order valence-corrected chi connectivity index (χ4v) is 3.11. The molecule has 0 aliphatic carbocycles. The summed E-state index contributed by atoms with van der Waals surface area (Å²) in [6.45, 7) is 4.79. The van der Waals surface area contributed by atoms with E-state index in [9.17, 15) is 9.18 Å². The highest BCUT2D eigenvalue weighted by Gasteiger charge is 2.21. The number of nitrogens with one attached hydrogen (secondary N) is 1. The molecule has 3 rings (SSSR count). The average Bonchev–Trinajstić information content (AvgIpc) is 3.03. The number of carbonyl (C=O) groups is 1. The maximum atomic E-state index is 13.7. The first-order valence-electron chi connectivity index (χ1n) is 9.24. The van der Waals surface area contributed by atoms with Crippen molar-refractivity contribution in [3.8, 4) is 17.2 Å². The topological polar surface area (TPSA) is 56.8 Å². The molecule has 0 bridgehead atoms. The molecule has 1 amide bonds. The number of ether oxygens (including phenoxy) is 3. The third-order valence-corrected chi connectivity index (χ3v) is 4.44. The Labute approximate surface area is 164 Å². The van der Waals surface area contributed by atoms with Gasteiger partial charge >= 0.3 is 0 Å². The second-order valence-electron chi connectivity index (χ2n) is 6.58. The van der Waals surface area contributed by atoms with Gasteiger partial charge in [-0.2, -0.15) is 0 Å². The van der Waals surface area contributed by atoms with Crippen LogP contribution in [0.4, 0.5) is 4.39 Å². The maximum absolute atomic E-state index is 13.7. The number of benzene rings is 2. The number of rotatable bonds is 7. The molecule has 28 heavy (non-hydrogen) atoms. The van der Waals surface area contributed by atoms with Gasteiger partial charge in [0, 0.05) is 30.2 Å². The minimum atomic E-state index is -0.473. The Bertz CT molecular complexity index is 894. The van der Waals surface area contributed by atoms with E-state index in [1.54, 1.807) is 12.1 Å². The Morgan fingerprint density at radius 3 is 2.86 bits per heavy atom. The van der Waals surface area contributed by atoms with Crippen LogP contribution in [0, 0.1) is 5.82 Å². The van der Waals surface area contributed by atoms with Gasteiger partial charge in [0.05, 0.1) is 13.7 Å². The van der Waals surface area contributed by atoms with Crippen molar-refractivity contribution in [1.29, 1.82) is 0 Å². The molecular weight excluding hydrogens is 361 g/mol. The van der Waals surface area contributed by atoms with Gasteiger partial charge in [-0.1, -0.05) is 6.07 Å². The summed E-state index contributed by atoms with van der Waals surface area (Å²) in [6, 6.07) is 8.42. The Morgan fingerprint density at radius 1 is 1.32 bits per heavy atom. The normalized spacial score (nSPS) is 15.2. The van der Waals surface area contributed by atoms with E-state index in [1.807, 2.05) is 26.0 Å². The quantitative estimate of drug-likeness (QED) is 0.735. The van der Waals surface area contributed by atoms with Crippen LogP contribution < -0.4 is 19.5 Å². The molecular formula is C22H24FNO4. The summed E-state index contributed by atoms with van der Waals surface area (Å²) in [7, 11) is 1.41. The lowest BCUT2D eigenvalue weighted by atomic mass is 10.1. The average molecular weight is 385 g/mol. The van der Waals surface area contributed by atoms with Crippen LogP contribution >= 0.6 is 0 Å². The van der Waals surface area contributed by atoms with Gasteiger partial charge in [-0.05, 0) is 49.8 Å². The minimum Gasteiger partial charge on any atom is -0.494 e. The van der Waals surface area contributed by atoms with Crippen LogP contribution in [0.2, 0.25) is 0 Å². The standard InChI is InChI=1S/C22H24FNO4/c1-4-27-20-11-16-9-14(2)28-21(16)12-17(20)13-24-22(25)8-6-15-5-7-19(26-3)18(23)10-15/h5-8,10-12,14H,4,9,13H2,1-3H3,(H,24,25)/b8-6+/t14-/m0/s1. The second kappa shape index (κ2) is 8.78. The second-order valence-corrected chi connectivity index (χ2v) is 6.58. The van der Waals surface area contributed by atoms with Crippen LogP contribution in [0.25, 0.3) is 6.08 Å². The number of methoxy groups -OCH3 is 1. The molecule has 6 heteroatoms. The Balaban J connectivity index is 1.65.